The molecule has 0 heterocycles. The molecule has 4 nitrogen and oxygen atoms in total. The van der Waals surface area contributed by atoms with Crippen LogP contribution >= 0.6 is 0 Å². The minimum absolute atomic E-state index is 0.0287. The van der Waals surface area contributed by atoms with E-state index in [1.807, 2.05) is 18.2 Å². The van der Waals surface area contributed by atoms with Crippen LogP contribution < -0.4 is 10.1 Å². The third kappa shape index (κ3) is 4.97. The molecular formula is C22H22N2O2. The van der Waals surface area contributed by atoms with E-state index in [4.69, 9.17) is 10.00 Å². The van der Waals surface area contributed by atoms with Crippen LogP contribution in [0.5, 0.6) is 5.75 Å². The first-order valence-corrected chi connectivity index (χ1v) is 8.83. The summed E-state index contributed by atoms with van der Waals surface area (Å²) in [6, 6.07) is 17.0. The second kappa shape index (κ2) is 8.35. The van der Waals surface area contributed by atoms with Crippen LogP contribution in [0.1, 0.15) is 36.8 Å². The highest BCUT2D eigenvalue weighted by molar-refractivity contribution is 5.92. The largest absolute Gasteiger partial charge is 0.490 e. The third-order valence-corrected chi connectivity index (χ3v) is 4.43. The van der Waals surface area contributed by atoms with E-state index in [0.29, 0.717) is 17.7 Å². The van der Waals surface area contributed by atoms with Crippen molar-refractivity contribution in [3.63, 3.8) is 0 Å². The first kappa shape index (κ1) is 17.8. The minimum Gasteiger partial charge on any atom is -0.490 e. The van der Waals surface area contributed by atoms with Crippen molar-refractivity contribution in [3.05, 3.63) is 71.3 Å². The number of anilines is 1. The van der Waals surface area contributed by atoms with Gasteiger partial charge >= 0.3 is 0 Å². The molecule has 1 aliphatic carbocycles. The fourth-order valence-corrected chi connectivity index (χ4v) is 3.05. The summed E-state index contributed by atoms with van der Waals surface area (Å²) in [6.45, 7) is 2.05. The number of hydrogen-bond donors (Lipinski definition) is 1. The SMILES string of the molecule is Cc1cccc(O[C@@H]2CC=C(CC(=O)Nc3ccc(C#N)cc3)CC2)c1. The van der Waals surface area contributed by atoms with Crippen molar-refractivity contribution in [3.8, 4) is 11.8 Å². The van der Waals surface area contributed by atoms with Crippen molar-refractivity contribution >= 4 is 11.6 Å². The van der Waals surface area contributed by atoms with E-state index in [1.165, 1.54) is 5.56 Å². The van der Waals surface area contributed by atoms with Crippen molar-refractivity contribution in [2.75, 3.05) is 5.32 Å². The van der Waals surface area contributed by atoms with Crippen LogP contribution in [-0.2, 0) is 4.79 Å². The van der Waals surface area contributed by atoms with E-state index < -0.39 is 0 Å². The molecule has 26 heavy (non-hydrogen) atoms. The molecule has 4 heteroatoms. The third-order valence-electron chi connectivity index (χ3n) is 4.43. The molecule has 1 aliphatic rings. The molecule has 0 saturated carbocycles. The lowest BCUT2D eigenvalue weighted by atomic mass is 9.94. The topological polar surface area (TPSA) is 62.1 Å². The molecule has 1 atom stereocenters. The van der Waals surface area contributed by atoms with Crippen molar-refractivity contribution in [2.24, 2.45) is 0 Å². The van der Waals surface area contributed by atoms with E-state index in [1.54, 1.807) is 24.3 Å². The number of hydrogen-bond acceptors (Lipinski definition) is 3. The fourth-order valence-electron chi connectivity index (χ4n) is 3.05. The van der Waals surface area contributed by atoms with Gasteiger partial charge in [-0.25, -0.2) is 0 Å². The van der Waals surface area contributed by atoms with Crippen LogP contribution in [0.25, 0.3) is 0 Å². The first-order chi connectivity index (χ1) is 12.6. The summed E-state index contributed by atoms with van der Waals surface area (Å²) in [7, 11) is 0. The standard InChI is InChI=1S/C22H22N2O2/c1-16-3-2-4-21(13-16)26-20-11-7-17(8-12-20)14-22(25)24-19-9-5-18(15-23)6-10-19/h2-7,9-10,13,20H,8,11-12,14H2,1H3,(H,24,25)/t20-/m1/s1. The molecule has 1 amide bonds. The van der Waals surface area contributed by atoms with Crippen molar-refractivity contribution < 1.29 is 9.53 Å². The summed E-state index contributed by atoms with van der Waals surface area (Å²) in [5.41, 5.74) is 3.64. The molecule has 0 spiro atoms. The zero-order valence-corrected chi connectivity index (χ0v) is 14.9. The molecule has 132 valence electrons. The molecule has 0 radical (unpaired) electrons. The van der Waals surface area contributed by atoms with Crippen LogP contribution in [-0.4, -0.2) is 12.0 Å². The number of benzene rings is 2. The number of rotatable bonds is 5. The molecule has 0 unspecified atom stereocenters. The zero-order valence-electron chi connectivity index (χ0n) is 14.9. The maximum atomic E-state index is 12.2. The van der Waals surface area contributed by atoms with Gasteiger partial charge in [-0.05, 0) is 61.7 Å². The summed E-state index contributed by atoms with van der Waals surface area (Å²) < 4.78 is 6.04. The lowest BCUT2D eigenvalue weighted by molar-refractivity contribution is -0.115. The lowest BCUT2D eigenvalue weighted by Gasteiger charge is -2.23. The molecule has 3 rings (SSSR count). The van der Waals surface area contributed by atoms with E-state index in [2.05, 4.69) is 30.5 Å². The van der Waals surface area contributed by atoms with E-state index in [9.17, 15) is 4.79 Å². The Hall–Kier alpha value is -3.06. The molecular weight excluding hydrogens is 324 g/mol. The lowest BCUT2D eigenvalue weighted by Crippen LogP contribution is -2.21. The number of carbonyl (C=O) groups is 1. The highest BCUT2D eigenvalue weighted by Gasteiger charge is 2.17. The van der Waals surface area contributed by atoms with Gasteiger partial charge in [0, 0.05) is 18.5 Å². The summed E-state index contributed by atoms with van der Waals surface area (Å²) in [5, 5.41) is 11.7. The highest BCUT2D eigenvalue weighted by Crippen LogP contribution is 2.25. The Morgan fingerprint density at radius 2 is 2.08 bits per heavy atom. The van der Waals surface area contributed by atoms with Gasteiger partial charge in [0.15, 0.2) is 0 Å². The molecule has 0 aliphatic heterocycles. The Kier molecular flexibility index (Phi) is 5.70. The Morgan fingerprint density at radius 1 is 1.27 bits per heavy atom. The van der Waals surface area contributed by atoms with Gasteiger partial charge in [-0.3, -0.25) is 4.79 Å². The Balaban J connectivity index is 1.49. The average molecular weight is 346 g/mol. The maximum Gasteiger partial charge on any atom is 0.228 e. The number of ether oxygens (including phenoxy) is 1. The van der Waals surface area contributed by atoms with Crippen molar-refractivity contribution in [2.45, 2.75) is 38.7 Å². The minimum atomic E-state index is -0.0287. The van der Waals surface area contributed by atoms with Crippen LogP contribution in [0, 0.1) is 18.3 Å². The first-order valence-electron chi connectivity index (χ1n) is 8.83. The van der Waals surface area contributed by atoms with Gasteiger partial charge in [-0.15, -0.1) is 0 Å². The second-order valence-corrected chi connectivity index (χ2v) is 6.61. The Morgan fingerprint density at radius 3 is 2.73 bits per heavy atom. The smallest absolute Gasteiger partial charge is 0.228 e. The summed E-state index contributed by atoms with van der Waals surface area (Å²) >= 11 is 0. The van der Waals surface area contributed by atoms with E-state index >= 15 is 0 Å². The molecule has 0 fully saturated rings. The van der Waals surface area contributed by atoms with Gasteiger partial charge in [-0.2, -0.15) is 5.26 Å². The molecule has 2 aromatic rings. The van der Waals surface area contributed by atoms with Crippen LogP contribution in [0.4, 0.5) is 5.69 Å². The van der Waals surface area contributed by atoms with Crippen molar-refractivity contribution in [1.29, 1.82) is 5.26 Å². The normalized spacial score (nSPS) is 16.3. The number of nitriles is 1. The molecule has 2 aromatic carbocycles. The summed E-state index contributed by atoms with van der Waals surface area (Å²) in [5.74, 6) is 0.879. The second-order valence-electron chi connectivity index (χ2n) is 6.61. The summed E-state index contributed by atoms with van der Waals surface area (Å²) in [6.07, 6.45) is 5.32. The predicted octanol–water partition coefficient (Wildman–Crippen LogP) is 4.75. The van der Waals surface area contributed by atoms with Crippen molar-refractivity contribution in [1.82, 2.24) is 0 Å². The number of aryl methyl sites for hydroxylation is 1. The Labute approximate surface area is 154 Å². The monoisotopic (exact) mass is 346 g/mol. The van der Waals surface area contributed by atoms with Gasteiger partial charge < -0.3 is 10.1 Å². The summed E-state index contributed by atoms with van der Waals surface area (Å²) in [4.78, 5) is 12.2. The quantitative estimate of drug-likeness (QED) is 0.795. The van der Waals surface area contributed by atoms with Crippen LogP contribution in [0.2, 0.25) is 0 Å². The van der Waals surface area contributed by atoms with Gasteiger partial charge in [0.1, 0.15) is 11.9 Å². The van der Waals surface area contributed by atoms with E-state index in [-0.39, 0.29) is 12.0 Å². The van der Waals surface area contributed by atoms with Gasteiger partial charge in [0.05, 0.1) is 11.6 Å². The van der Waals surface area contributed by atoms with Gasteiger partial charge in [-0.1, -0.05) is 23.8 Å². The molecule has 1 N–H and O–H groups in total. The average Bonchev–Trinajstić information content (AvgIpc) is 2.64. The van der Waals surface area contributed by atoms with Crippen LogP contribution in [0.15, 0.2) is 60.2 Å². The number of nitrogens with zero attached hydrogens (tertiary/aromatic N) is 1. The number of nitrogens with one attached hydrogen (secondary N) is 1. The predicted molar refractivity (Wildman–Crippen MR) is 102 cm³/mol. The fraction of sp³-hybridized carbons (Fsp3) is 0.273. The van der Waals surface area contributed by atoms with E-state index in [0.717, 1.165) is 30.6 Å². The molecule has 0 bridgehead atoms. The number of amides is 1. The number of carbonyl (C=O) groups excluding carboxylic acids is 1. The van der Waals surface area contributed by atoms with Gasteiger partial charge in [0.25, 0.3) is 0 Å². The maximum absolute atomic E-state index is 12.2. The van der Waals surface area contributed by atoms with Gasteiger partial charge in [0.2, 0.25) is 5.91 Å². The Bertz CT molecular complexity index is 847. The van der Waals surface area contributed by atoms with Crippen LogP contribution in [0.3, 0.4) is 0 Å². The molecule has 0 saturated heterocycles. The zero-order chi connectivity index (χ0) is 18.4. The highest BCUT2D eigenvalue weighted by atomic mass is 16.5. The molecule has 0 aromatic heterocycles.